The van der Waals surface area contributed by atoms with E-state index in [1.54, 1.807) is 0 Å². The van der Waals surface area contributed by atoms with E-state index in [1.807, 2.05) is 0 Å². The lowest BCUT2D eigenvalue weighted by molar-refractivity contribution is 0.661. The van der Waals surface area contributed by atoms with E-state index in [1.165, 1.54) is 98.7 Å². The van der Waals surface area contributed by atoms with Crippen molar-refractivity contribution in [3.63, 3.8) is 0 Å². The van der Waals surface area contributed by atoms with Crippen molar-refractivity contribution in [3.05, 3.63) is 181 Å². The lowest BCUT2D eigenvalue weighted by atomic mass is 9.79. The highest BCUT2D eigenvalue weighted by Gasteiger charge is 2.37. The minimum atomic E-state index is -0.0955. The van der Waals surface area contributed by atoms with Crippen molar-refractivity contribution in [3.8, 4) is 44.5 Å². The number of hydrogen-bond donors (Lipinski definition) is 0. The zero-order valence-corrected chi connectivity index (χ0v) is 27.7. The average molecular weight is 623 g/mol. The smallest absolute Gasteiger partial charge is 0.0159 e. The number of fused-ring (bicyclic) bond motifs is 8. The zero-order valence-electron chi connectivity index (χ0n) is 27.7. The van der Waals surface area contributed by atoms with Gasteiger partial charge in [-0.05, 0) is 117 Å². The van der Waals surface area contributed by atoms with Gasteiger partial charge in [0.05, 0.1) is 0 Å². The molecule has 0 radical (unpaired) electrons. The molecule has 9 aromatic carbocycles. The van der Waals surface area contributed by atoms with Crippen LogP contribution in [0.3, 0.4) is 0 Å². The van der Waals surface area contributed by atoms with E-state index in [4.69, 9.17) is 0 Å². The van der Waals surface area contributed by atoms with Gasteiger partial charge in [0.2, 0.25) is 0 Å². The summed E-state index contributed by atoms with van der Waals surface area (Å²) >= 11 is 0. The van der Waals surface area contributed by atoms with Crippen molar-refractivity contribution in [2.45, 2.75) is 19.3 Å². The van der Waals surface area contributed by atoms with E-state index in [2.05, 4.69) is 184 Å². The number of rotatable bonds is 3. The van der Waals surface area contributed by atoms with Crippen molar-refractivity contribution in [2.24, 2.45) is 0 Å². The zero-order chi connectivity index (χ0) is 32.7. The van der Waals surface area contributed by atoms with Gasteiger partial charge in [-0.2, -0.15) is 0 Å². The van der Waals surface area contributed by atoms with Crippen LogP contribution >= 0.6 is 0 Å². The molecular formula is C49H34. The van der Waals surface area contributed by atoms with Crippen LogP contribution in [-0.2, 0) is 5.41 Å². The Morgan fingerprint density at radius 3 is 1.45 bits per heavy atom. The summed E-state index contributed by atoms with van der Waals surface area (Å²) in [6.45, 7) is 4.77. The molecule has 1 aliphatic rings. The third kappa shape index (κ3) is 4.11. The predicted molar refractivity (Wildman–Crippen MR) is 210 cm³/mol. The lowest BCUT2D eigenvalue weighted by Gasteiger charge is -2.24. The van der Waals surface area contributed by atoms with Crippen molar-refractivity contribution < 1.29 is 0 Å². The van der Waals surface area contributed by atoms with Crippen LogP contribution in [-0.4, -0.2) is 0 Å². The molecule has 0 saturated heterocycles. The fourth-order valence-corrected chi connectivity index (χ4v) is 8.70. The molecule has 0 bridgehead atoms. The van der Waals surface area contributed by atoms with Crippen molar-refractivity contribution in [1.29, 1.82) is 0 Å². The topological polar surface area (TPSA) is 0 Å². The summed E-state index contributed by atoms with van der Waals surface area (Å²) in [5.41, 5.74) is 13.1. The summed E-state index contributed by atoms with van der Waals surface area (Å²) in [5.74, 6) is 0. The largest absolute Gasteiger partial charge is 0.0622 e. The van der Waals surface area contributed by atoms with Crippen LogP contribution in [0.4, 0.5) is 0 Å². The SMILES string of the molecule is CC1(C)c2ccccc2-c2c1cc(-c1c3ccccc3c(-c3ccc4cc(-c5ccccc5)ccc4c3)c3ccccc13)c1ccccc21. The van der Waals surface area contributed by atoms with Crippen LogP contribution in [0.15, 0.2) is 170 Å². The molecule has 0 saturated carbocycles. The Labute approximate surface area is 286 Å². The summed E-state index contributed by atoms with van der Waals surface area (Å²) in [4.78, 5) is 0. The maximum atomic E-state index is 2.52. The highest BCUT2D eigenvalue weighted by molar-refractivity contribution is 6.25. The van der Waals surface area contributed by atoms with E-state index in [0.717, 1.165) is 0 Å². The van der Waals surface area contributed by atoms with E-state index >= 15 is 0 Å². The molecule has 230 valence electrons. The van der Waals surface area contributed by atoms with Gasteiger partial charge in [0.25, 0.3) is 0 Å². The molecule has 1 aliphatic carbocycles. The first-order valence-corrected chi connectivity index (χ1v) is 17.3. The number of hydrogen-bond acceptors (Lipinski definition) is 0. The molecule has 0 atom stereocenters. The molecule has 0 N–H and O–H groups in total. The van der Waals surface area contributed by atoms with Crippen LogP contribution in [0.5, 0.6) is 0 Å². The van der Waals surface area contributed by atoms with Gasteiger partial charge in [0.15, 0.2) is 0 Å². The summed E-state index contributed by atoms with van der Waals surface area (Å²) in [6.07, 6.45) is 0. The van der Waals surface area contributed by atoms with E-state index in [-0.39, 0.29) is 5.41 Å². The van der Waals surface area contributed by atoms with Gasteiger partial charge in [-0.3, -0.25) is 0 Å². The highest BCUT2D eigenvalue weighted by atomic mass is 14.4. The Hall–Kier alpha value is -5.98. The molecule has 10 rings (SSSR count). The molecule has 0 heterocycles. The maximum Gasteiger partial charge on any atom is 0.0159 e. The average Bonchev–Trinajstić information content (AvgIpc) is 3.39. The Kier molecular flexibility index (Phi) is 6.02. The Morgan fingerprint density at radius 1 is 0.306 bits per heavy atom. The van der Waals surface area contributed by atoms with Gasteiger partial charge in [0, 0.05) is 5.41 Å². The first-order chi connectivity index (χ1) is 24.1. The normalized spacial score (nSPS) is 13.3. The third-order valence-electron chi connectivity index (χ3n) is 11.0. The lowest BCUT2D eigenvalue weighted by Crippen LogP contribution is -2.15. The van der Waals surface area contributed by atoms with Crippen LogP contribution in [0.1, 0.15) is 25.0 Å². The second kappa shape index (κ2) is 10.5. The molecule has 0 fully saturated rings. The molecule has 0 nitrogen and oxygen atoms in total. The fourth-order valence-electron chi connectivity index (χ4n) is 8.70. The maximum absolute atomic E-state index is 2.52. The van der Waals surface area contributed by atoms with Crippen LogP contribution < -0.4 is 0 Å². The Balaban J connectivity index is 1.25. The molecule has 0 amide bonds. The monoisotopic (exact) mass is 622 g/mol. The van der Waals surface area contributed by atoms with E-state index < -0.39 is 0 Å². The van der Waals surface area contributed by atoms with Gasteiger partial charge in [-0.1, -0.05) is 166 Å². The van der Waals surface area contributed by atoms with Gasteiger partial charge in [-0.25, -0.2) is 0 Å². The Morgan fingerprint density at radius 2 is 0.796 bits per heavy atom. The standard InChI is InChI=1S/C49H34/c1-49(2)44-23-13-12-22-42(44)48-37-17-7-6-16-36(37)43(30-45(48)49)47-40-20-10-8-18-38(40)46(39-19-9-11-21-41(39)47)35-27-26-33-28-32(24-25-34(33)29-35)31-14-4-3-5-15-31/h3-30H,1-2H3. The molecule has 9 aromatic rings. The molecule has 0 aromatic heterocycles. The second-order valence-electron chi connectivity index (χ2n) is 14.0. The first-order valence-electron chi connectivity index (χ1n) is 17.3. The van der Waals surface area contributed by atoms with Crippen molar-refractivity contribution >= 4 is 43.1 Å². The van der Waals surface area contributed by atoms with Crippen LogP contribution in [0, 0.1) is 0 Å². The second-order valence-corrected chi connectivity index (χ2v) is 14.0. The van der Waals surface area contributed by atoms with Gasteiger partial charge >= 0.3 is 0 Å². The minimum absolute atomic E-state index is 0.0955. The van der Waals surface area contributed by atoms with E-state index in [9.17, 15) is 0 Å². The highest BCUT2D eigenvalue weighted by Crippen LogP contribution is 2.54. The summed E-state index contributed by atoms with van der Waals surface area (Å²) in [6, 6.07) is 63.1. The quantitative estimate of drug-likeness (QED) is 0.172. The first kappa shape index (κ1) is 28.1. The summed E-state index contributed by atoms with van der Waals surface area (Å²) < 4.78 is 0. The molecule has 49 heavy (non-hydrogen) atoms. The van der Waals surface area contributed by atoms with Gasteiger partial charge in [0.1, 0.15) is 0 Å². The van der Waals surface area contributed by atoms with Gasteiger partial charge in [-0.15, -0.1) is 0 Å². The van der Waals surface area contributed by atoms with E-state index in [0.29, 0.717) is 0 Å². The Bertz CT molecular complexity index is 2720. The van der Waals surface area contributed by atoms with Crippen LogP contribution in [0.25, 0.3) is 87.6 Å². The molecule has 0 unspecified atom stereocenters. The van der Waals surface area contributed by atoms with Gasteiger partial charge < -0.3 is 0 Å². The predicted octanol–water partition coefficient (Wildman–Crippen LogP) is 13.6. The molecule has 0 spiro atoms. The minimum Gasteiger partial charge on any atom is -0.0622 e. The summed E-state index contributed by atoms with van der Waals surface area (Å²) in [7, 11) is 0. The van der Waals surface area contributed by atoms with Crippen molar-refractivity contribution in [2.75, 3.05) is 0 Å². The summed E-state index contributed by atoms with van der Waals surface area (Å²) in [5, 5.41) is 10.3. The van der Waals surface area contributed by atoms with Crippen molar-refractivity contribution in [1.82, 2.24) is 0 Å². The number of benzene rings is 9. The van der Waals surface area contributed by atoms with Crippen LogP contribution in [0.2, 0.25) is 0 Å². The third-order valence-corrected chi connectivity index (χ3v) is 11.0. The molecular weight excluding hydrogens is 589 g/mol. The fraction of sp³-hybridized carbons (Fsp3) is 0.0612. The molecule has 0 aliphatic heterocycles. The molecule has 0 heteroatoms.